The summed E-state index contributed by atoms with van der Waals surface area (Å²) < 4.78 is 37.2. The first kappa shape index (κ1) is 18.8. The van der Waals surface area contributed by atoms with E-state index in [2.05, 4.69) is 5.32 Å². The van der Waals surface area contributed by atoms with E-state index in [-0.39, 0.29) is 18.4 Å². The van der Waals surface area contributed by atoms with Gasteiger partial charge < -0.3 is 10.4 Å². The molecule has 8 heteroatoms. The van der Waals surface area contributed by atoms with Crippen LogP contribution in [-0.4, -0.2) is 49.6 Å². The number of piperidine rings is 1. The van der Waals surface area contributed by atoms with E-state index in [1.807, 2.05) is 0 Å². The lowest BCUT2D eigenvalue weighted by atomic mass is 9.94. The van der Waals surface area contributed by atoms with Crippen molar-refractivity contribution in [3.8, 4) is 0 Å². The van der Waals surface area contributed by atoms with Gasteiger partial charge in [-0.05, 0) is 37.5 Å². The number of amides is 1. The fraction of sp³-hybridized carbons (Fsp3) is 0.562. The molecule has 1 heterocycles. The summed E-state index contributed by atoms with van der Waals surface area (Å²) in [7, 11) is -3.22. The maximum atomic E-state index is 12.9. The van der Waals surface area contributed by atoms with Crippen molar-refractivity contribution < 1.29 is 22.7 Å². The minimum absolute atomic E-state index is 0.00373. The molecule has 1 amide bonds. The molecule has 1 aromatic rings. The molecule has 1 atom stereocenters. The summed E-state index contributed by atoms with van der Waals surface area (Å²) in [6.45, 7) is 2.20. The van der Waals surface area contributed by atoms with Gasteiger partial charge in [0.25, 0.3) is 0 Å². The van der Waals surface area contributed by atoms with Gasteiger partial charge in [-0.15, -0.1) is 0 Å². The molecule has 1 aromatic carbocycles. The van der Waals surface area contributed by atoms with Crippen LogP contribution < -0.4 is 5.32 Å². The van der Waals surface area contributed by atoms with Crippen LogP contribution in [-0.2, 0) is 20.4 Å². The number of nitrogens with one attached hydrogen (secondary N) is 1. The average Bonchev–Trinajstić information content (AvgIpc) is 2.52. The van der Waals surface area contributed by atoms with Gasteiger partial charge in [-0.3, -0.25) is 4.79 Å². The summed E-state index contributed by atoms with van der Waals surface area (Å²) in [6, 6.07) is 5.47. The smallest absolute Gasteiger partial charge is 0.223 e. The summed E-state index contributed by atoms with van der Waals surface area (Å²) in [6.07, 6.45) is 2.07. The first-order valence-electron chi connectivity index (χ1n) is 7.81. The largest absolute Gasteiger partial charge is 0.384 e. The van der Waals surface area contributed by atoms with Gasteiger partial charge in [0.05, 0.1) is 12.8 Å². The number of sulfonamides is 1. The molecular weight excluding hydrogens is 335 g/mol. The molecule has 24 heavy (non-hydrogen) atoms. The number of hydrogen-bond donors (Lipinski definition) is 2. The molecule has 1 aliphatic rings. The van der Waals surface area contributed by atoms with E-state index in [1.54, 1.807) is 6.92 Å². The number of nitrogens with zero attached hydrogens (tertiary/aromatic N) is 1. The molecule has 0 bridgehead atoms. The first-order chi connectivity index (χ1) is 11.1. The summed E-state index contributed by atoms with van der Waals surface area (Å²) in [5.74, 6) is -0.867. The Morgan fingerprint density at radius 1 is 1.33 bits per heavy atom. The Kier molecular flexibility index (Phi) is 5.62. The van der Waals surface area contributed by atoms with Gasteiger partial charge in [-0.2, -0.15) is 0 Å². The average molecular weight is 358 g/mol. The Bertz CT molecular complexity index is 681. The molecule has 0 saturated carbocycles. The van der Waals surface area contributed by atoms with Gasteiger partial charge in [-0.25, -0.2) is 17.1 Å². The van der Waals surface area contributed by atoms with Crippen LogP contribution >= 0.6 is 0 Å². The molecule has 2 rings (SSSR count). The van der Waals surface area contributed by atoms with Crippen LogP contribution in [0.3, 0.4) is 0 Å². The van der Waals surface area contributed by atoms with Crippen LogP contribution in [0.25, 0.3) is 0 Å². The highest BCUT2D eigenvalue weighted by atomic mass is 32.2. The molecule has 0 aliphatic carbocycles. The lowest BCUT2D eigenvalue weighted by molar-refractivity contribution is -0.127. The third-order valence-corrected chi connectivity index (χ3v) is 5.67. The van der Waals surface area contributed by atoms with Crippen molar-refractivity contribution in [2.45, 2.75) is 25.4 Å². The number of rotatable bonds is 5. The predicted octanol–water partition coefficient (Wildman–Crippen LogP) is 0.821. The van der Waals surface area contributed by atoms with E-state index >= 15 is 0 Å². The lowest BCUT2D eigenvalue weighted by Gasteiger charge is -2.30. The molecule has 134 valence electrons. The van der Waals surface area contributed by atoms with Gasteiger partial charge in [0.2, 0.25) is 15.9 Å². The molecule has 1 unspecified atom stereocenters. The van der Waals surface area contributed by atoms with E-state index in [1.165, 1.54) is 28.6 Å². The quantitative estimate of drug-likeness (QED) is 0.816. The van der Waals surface area contributed by atoms with Crippen molar-refractivity contribution in [3.63, 3.8) is 0 Å². The summed E-state index contributed by atoms with van der Waals surface area (Å²) >= 11 is 0. The maximum Gasteiger partial charge on any atom is 0.223 e. The van der Waals surface area contributed by atoms with E-state index in [4.69, 9.17) is 0 Å². The van der Waals surface area contributed by atoms with Crippen LogP contribution in [0, 0.1) is 11.7 Å². The van der Waals surface area contributed by atoms with Crippen LogP contribution in [0.5, 0.6) is 0 Å². The molecule has 1 fully saturated rings. The predicted molar refractivity (Wildman–Crippen MR) is 88.1 cm³/mol. The van der Waals surface area contributed by atoms with Gasteiger partial charge in [-0.1, -0.05) is 12.1 Å². The van der Waals surface area contributed by atoms with Crippen molar-refractivity contribution in [3.05, 3.63) is 35.6 Å². The first-order valence-corrected chi connectivity index (χ1v) is 9.66. The number of benzene rings is 1. The van der Waals surface area contributed by atoms with Crippen molar-refractivity contribution in [1.82, 2.24) is 9.62 Å². The van der Waals surface area contributed by atoms with E-state index in [0.29, 0.717) is 31.5 Å². The second kappa shape index (κ2) is 7.16. The number of halogens is 1. The Morgan fingerprint density at radius 2 is 1.88 bits per heavy atom. The zero-order valence-corrected chi connectivity index (χ0v) is 14.6. The highest BCUT2D eigenvalue weighted by Gasteiger charge is 2.30. The fourth-order valence-corrected chi connectivity index (χ4v) is 3.64. The van der Waals surface area contributed by atoms with E-state index in [9.17, 15) is 22.7 Å². The Hall–Kier alpha value is -1.51. The summed E-state index contributed by atoms with van der Waals surface area (Å²) in [4.78, 5) is 12.2. The molecule has 6 nitrogen and oxygen atoms in total. The maximum absolute atomic E-state index is 12.9. The SMILES string of the molecule is CC(O)(CNC(=O)C1CCN(S(C)(=O)=O)CC1)c1ccc(F)cc1. The van der Waals surface area contributed by atoms with Crippen LogP contribution in [0.4, 0.5) is 4.39 Å². The number of hydrogen-bond acceptors (Lipinski definition) is 4. The zero-order valence-electron chi connectivity index (χ0n) is 13.8. The summed E-state index contributed by atoms with van der Waals surface area (Å²) in [5, 5.41) is 13.2. The second-order valence-corrected chi connectivity index (χ2v) is 8.42. The van der Waals surface area contributed by atoms with Crippen LogP contribution in [0.1, 0.15) is 25.3 Å². The minimum Gasteiger partial charge on any atom is -0.384 e. The third-order valence-electron chi connectivity index (χ3n) is 4.37. The van der Waals surface area contributed by atoms with Crippen LogP contribution in [0.2, 0.25) is 0 Å². The van der Waals surface area contributed by atoms with E-state index in [0.717, 1.165) is 6.26 Å². The molecule has 2 N–H and O–H groups in total. The standard InChI is InChI=1S/C16H23FN2O4S/c1-16(21,13-3-5-14(17)6-4-13)11-18-15(20)12-7-9-19(10-8-12)24(2,22)23/h3-6,12,21H,7-11H2,1-2H3,(H,18,20). The minimum atomic E-state index is -3.22. The van der Waals surface area contributed by atoms with Gasteiger partial charge >= 0.3 is 0 Å². The normalized spacial score (nSPS) is 19.7. The van der Waals surface area contributed by atoms with Crippen molar-refractivity contribution in [2.24, 2.45) is 5.92 Å². The monoisotopic (exact) mass is 358 g/mol. The van der Waals surface area contributed by atoms with Crippen molar-refractivity contribution >= 4 is 15.9 Å². The van der Waals surface area contributed by atoms with Crippen LogP contribution in [0.15, 0.2) is 24.3 Å². The molecular formula is C16H23FN2O4S. The topological polar surface area (TPSA) is 86.7 Å². The number of aliphatic hydroxyl groups is 1. The van der Waals surface area contributed by atoms with Gasteiger partial charge in [0.15, 0.2) is 0 Å². The highest BCUT2D eigenvalue weighted by Crippen LogP contribution is 2.22. The molecule has 1 saturated heterocycles. The Balaban J connectivity index is 1.88. The molecule has 0 spiro atoms. The van der Waals surface area contributed by atoms with Crippen molar-refractivity contribution in [2.75, 3.05) is 25.9 Å². The fourth-order valence-electron chi connectivity index (χ4n) is 2.76. The zero-order chi connectivity index (χ0) is 18.0. The number of carbonyl (C=O) groups is 1. The lowest BCUT2D eigenvalue weighted by Crippen LogP contribution is -2.45. The Labute approximate surface area is 141 Å². The molecule has 1 aliphatic heterocycles. The number of carbonyl (C=O) groups excluding carboxylic acids is 1. The highest BCUT2D eigenvalue weighted by molar-refractivity contribution is 7.88. The van der Waals surface area contributed by atoms with Crippen molar-refractivity contribution in [1.29, 1.82) is 0 Å². The van der Waals surface area contributed by atoms with Gasteiger partial charge in [0, 0.05) is 19.0 Å². The third kappa shape index (κ3) is 4.75. The Morgan fingerprint density at radius 3 is 2.38 bits per heavy atom. The second-order valence-electron chi connectivity index (χ2n) is 6.43. The molecule has 0 aromatic heterocycles. The van der Waals surface area contributed by atoms with Gasteiger partial charge in [0.1, 0.15) is 11.4 Å². The van der Waals surface area contributed by atoms with E-state index < -0.39 is 21.4 Å². The molecule has 0 radical (unpaired) electrons. The summed E-state index contributed by atoms with van der Waals surface area (Å²) in [5.41, 5.74) is -0.798.